The summed E-state index contributed by atoms with van der Waals surface area (Å²) in [6.45, 7) is 1.93. The number of thioether (sulfide) groups is 1. The topological polar surface area (TPSA) is 76.0 Å². The fraction of sp³-hybridized carbons (Fsp3) is 0.467. The second-order valence-corrected chi connectivity index (χ2v) is 9.05. The van der Waals surface area contributed by atoms with Gasteiger partial charge in [-0.2, -0.15) is 4.99 Å². The molecule has 124 valence electrons. The Morgan fingerprint density at radius 3 is 2.65 bits per heavy atom. The zero-order valence-electron chi connectivity index (χ0n) is 12.9. The van der Waals surface area contributed by atoms with Crippen LogP contribution in [0.1, 0.15) is 12.5 Å². The Labute approximate surface area is 139 Å². The number of hydrogen-bond acceptors (Lipinski definition) is 5. The number of methoxy groups -OCH3 is 1. The van der Waals surface area contributed by atoms with Gasteiger partial charge in [-0.3, -0.25) is 4.79 Å². The SMILES string of the molecule is COc1ccc(CN2C(=NC(C)=O)S[C@@H]3CS(=O)(=O)C[C@H]32)cc1. The summed E-state index contributed by atoms with van der Waals surface area (Å²) in [5.41, 5.74) is 1.02. The molecule has 2 aliphatic heterocycles. The van der Waals surface area contributed by atoms with E-state index in [0.717, 1.165) is 11.3 Å². The largest absolute Gasteiger partial charge is 0.497 e. The van der Waals surface area contributed by atoms with E-state index in [-0.39, 0.29) is 28.7 Å². The highest BCUT2D eigenvalue weighted by Crippen LogP contribution is 2.39. The van der Waals surface area contributed by atoms with Crippen LogP contribution in [0, 0.1) is 0 Å². The lowest BCUT2D eigenvalue weighted by molar-refractivity contribution is -0.115. The van der Waals surface area contributed by atoms with E-state index < -0.39 is 9.84 Å². The fourth-order valence-electron chi connectivity index (χ4n) is 2.88. The Balaban J connectivity index is 1.86. The van der Waals surface area contributed by atoms with Crippen molar-refractivity contribution in [3.05, 3.63) is 29.8 Å². The van der Waals surface area contributed by atoms with Gasteiger partial charge in [0.25, 0.3) is 0 Å². The van der Waals surface area contributed by atoms with Crippen molar-refractivity contribution in [3.63, 3.8) is 0 Å². The number of aliphatic imine (C=N–C) groups is 1. The van der Waals surface area contributed by atoms with Crippen LogP contribution in [0.4, 0.5) is 0 Å². The Morgan fingerprint density at radius 1 is 1.35 bits per heavy atom. The molecule has 1 aromatic rings. The zero-order valence-corrected chi connectivity index (χ0v) is 14.6. The molecule has 3 rings (SSSR count). The monoisotopic (exact) mass is 354 g/mol. The van der Waals surface area contributed by atoms with Crippen LogP contribution in [0.15, 0.2) is 29.3 Å². The average molecular weight is 354 g/mol. The number of carbonyl (C=O) groups excluding carboxylic acids is 1. The number of benzene rings is 1. The quantitative estimate of drug-likeness (QED) is 0.815. The molecule has 0 aliphatic carbocycles. The van der Waals surface area contributed by atoms with Crippen molar-refractivity contribution in [2.45, 2.75) is 24.8 Å². The van der Waals surface area contributed by atoms with E-state index in [1.165, 1.54) is 18.7 Å². The lowest BCUT2D eigenvalue weighted by atomic mass is 10.1. The molecule has 1 amide bonds. The molecule has 23 heavy (non-hydrogen) atoms. The van der Waals surface area contributed by atoms with E-state index in [0.29, 0.717) is 11.7 Å². The number of amidine groups is 1. The molecule has 2 fully saturated rings. The molecular formula is C15H18N2O4S2. The van der Waals surface area contributed by atoms with Crippen LogP contribution in [-0.2, 0) is 21.2 Å². The van der Waals surface area contributed by atoms with Gasteiger partial charge in [-0.1, -0.05) is 23.9 Å². The number of amides is 1. The lowest BCUT2D eigenvalue weighted by Gasteiger charge is -2.24. The Bertz CT molecular complexity index is 743. The van der Waals surface area contributed by atoms with Crippen molar-refractivity contribution >= 4 is 32.7 Å². The van der Waals surface area contributed by atoms with Crippen LogP contribution in [0.3, 0.4) is 0 Å². The van der Waals surface area contributed by atoms with E-state index in [4.69, 9.17) is 4.74 Å². The number of carbonyl (C=O) groups is 1. The third kappa shape index (κ3) is 3.53. The first-order valence-corrected chi connectivity index (χ1v) is 9.94. The minimum absolute atomic E-state index is 0.0450. The molecule has 0 saturated carbocycles. The average Bonchev–Trinajstić information content (AvgIpc) is 2.92. The van der Waals surface area contributed by atoms with E-state index in [9.17, 15) is 13.2 Å². The number of hydrogen-bond donors (Lipinski definition) is 0. The Kier molecular flexibility index (Phi) is 4.37. The predicted molar refractivity (Wildman–Crippen MR) is 90.5 cm³/mol. The molecule has 0 aromatic heterocycles. The summed E-state index contributed by atoms with van der Waals surface area (Å²) in [5.74, 6) is 0.773. The van der Waals surface area contributed by atoms with Crippen LogP contribution in [0.25, 0.3) is 0 Å². The van der Waals surface area contributed by atoms with Gasteiger partial charge in [0, 0.05) is 18.7 Å². The first kappa shape index (κ1) is 16.3. The van der Waals surface area contributed by atoms with Crippen molar-refractivity contribution < 1.29 is 17.9 Å². The van der Waals surface area contributed by atoms with Gasteiger partial charge in [-0.15, -0.1) is 0 Å². The Morgan fingerprint density at radius 2 is 2.04 bits per heavy atom. The standard InChI is InChI=1S/C15H18N2O4S2/c1-10(18)16-15-17(7-11-3-5-12(21-2)6-4-11)13-8-23(19,20)9-14(13)22-15/h3-6,13-14H,7-9H2,1-2H3/t13-,14-/m1/s1. The normalized spacial score (nSPS) is 27.2. The first-order chi connectivity index (χ1) is 10.9. The number of sulfone groups is 1. The maximum Gasteiger partial charge on any atom is 0.244 e. The number of nitrogens with zero attached hydrogens (tertiary/aromatic N) is 2. The summed E-state index contributed by atoms with van der Waals surface area (Å²) in [6, 6.07) is 7.48. The molecule has 6 nitrogen and oxygen atoms in total. The summed E-state index contributed by atoms with van der Waals surface area (Å²) in [6.07, 6.45) is 0. The van der Waals surface area contributed by atoms with Gasteiger partial charge < -0.3 is 9.64 Å². The second-order valence-electron chi connectivity index (χ2n) is 5.69. The summed E-state index contributed by atoms with van der Waals surface area (Å²) in [5, 5.41) is 0.578. The molecule has 2 atom stereocenters. The summed E-state index contributed by atoms with van der Waals surface area (Å²) >= 11 is 1.40. The van der Waals surface area contributed by atoms with Crippen LogP contribution in [-0.4, -0.2) is 54.3 Å². The van der Waals surface area contributed by atoms with Crippen LogP contribution >= 0.6 is 11.8 Å². The molecule has 0 spiro atoms. The number of ether oxygens (including phenoxy) is 1. The highest BCUT2D eigenvalue weighted by molar-refractivity contribution is 8.15. The molecule has 0 unspecified atom stereocenters. The van der Waals surface area contributed by atoms with Gasteiger partial charge >= 0.3 is 0 Å². The lowest BCUT2D eigenvalue weighted by Crippen LogP contribution is -2.37. The third-order valence-electron chi connectivity index (χ3n) is 3.94. The summed E-state index contributed by atoms with van der Waals surface area (Å²) in [7, 11) is -1.41. The second kappa shape index (κ2) is 6.16. The molecule has 2 aliphatic rings. The zero-order chi connectivity index (χ0) is 16.6. The van der Waals surface area contributed by atoms with Crippen LogP contribution in [0.5, 0.6) is 5.75 Å². The van der Waals surface area contributed by atoms with Crippen LogP contribution in [0.2, 0.25) is 0 Å². The van der Waals surface area contributed by atoms with Gasteiger partial charge in [0.2, 0.25) is 5.91 Å². The van der Waals surface area contributed by atoms with Crippen molar-refractivity contribution in [3.8, 4) is 5.75 Å². The molecule has 0 radical (unpaired) electrons. The van der Waals surface area contributed by atoms with E-state index >= 15 is 0 Å². The minimum atomic E-state index is -3.02. The van der Waals surface area contributed by atoms with E-state index in [1.54, 1.807) is 7.11 Å². The molecule has 0 bridgehead atoms. The summed E-state index contributed by atoms with van der Waals surface area (Å²) < 4.78 is 28.9. The Hall–Kier alpha value is -1.54. The van der Waals surface area contributed by atoms with Crippen molar-refractivity contribution in [1.82, 2.24) is 4.90 Å². The first-order valence-electron chi connectivity index (χ1n) is 7.24. The fourth-order valence-corrected chi connectivity index (χ4v) is 6.88. The van der Waals surface area contributed by atoms with Crippen molar-refractivity contribution in [1.29, 1.82) is 0 Å². The number of fused-ring (bicyclic) bond motifs is 1. The smallest absolute Gasteiger partial charge is 0.244 e. The third-order valence-corrected chi connectivity index (χ3v) is 7.19. The molecular weight excluding hydrogens is 336 g/mol. The van der Waals surface area contributed by atoms with Gasteiger partial charge in [0.1, 0.15) is 5.75 Å². The molecule has 1 aromatic carbocycles. The van der Waals surface area contributed by atoms with Gasteiger partial charge in [-0.05, 0) is 17.7 Å². The van der Waals surface area contributed by atoms with Crippen molar-refractivity contribution in [2.75, 3.05) is 18.6 Å². The highest BCUT2D eigenvalue weighted by atomic mass is 32.2. The van der Waals surface area contributed by atoms with Crippen molar-refractivity contribution in [2.24, 2.45) is 4.99 Å². The van der Waals surface area contributed by atoms with Gasteiger partial charge in [0.05, 0.1) is 24.7 Å². The molecule has 2 heterocycles. The maximum atomic E-state index is 11.9. The molecule has 8 heteroatoms. The van der Waals surface area contributed by atoms with E-state index in [2.05, 4.69) is 4.99 Å². The predicted octanol–water partition coefficient (Wildman–Crippen LogP) is 1.31. The van der Waals surface area contributed by atoms with E-state index in [1.807, 2.05) is 29.2 Å². The summed E-state index contributed by atoms with van der Waals surface area (Å²) in [4.78, 5) is 17.4. The van der Waals surface area contributed by atoms with Gasteiger partial charge in [0.15, 0.2) is 15.0 Å². The maximum absolute atomic E-state index is 11.9. The molecule has 0 N–H and O–H groups in total. The van der Waals surface area contributed by atoms with Crippen LogP contribution < -0.4 is 4.74 Å². The minimum Gasteiger partial charge on any atom is -0.497 e. The van der Waals surface area contributed by atoms with Gasteiger partial charge in [-0.25, -0.2) is 8.42 Å². The number of rotatable bonds is 3. The highest BCUT2D eigenvalue weighted by Gasteiger charge is 2.48. The molecule has 2 saturated heterocycles.